The monoisotopic (exact) mass is 777 g/mol. The van der Waals surface area contributed by atoms with Gasteiger partial charge in [-0.25, -0.2) is 0 Å². The zero-order valence-electron chi connectivity index (χ0n) is 30.8. The average Bonchev–Trinajstić information content (AvgIpc) is 3.97. The summed E-state index contributed by atoms with van der Waals surface area (Å²) in [5.74, 6) is -0.401. The zero-order valence-corrected chi connectivity index (χ0v) is 30.8. The minimum absolute atomic E-state index is 0.0255. The average molecular weight is 778 g/mol. The molecule has 3 N–H and O–H groups in total. The number of carbonyl (C=O) groups is 5. The highest BCUT2D eigenvalue weighted by Crippen LogP contribution is 2.34. The van der Waals surface area contributed by atoms with Gasteiger partial charge < -0.3 is 29.0 Å². The molecule has 294 valence electrons. The van der Waals surface area contributed by atoms with Crippen LogP contribution in [0.5, 0.6) is 5.75 Å². The predicted octanol–water partition coefficient (Wildman–Crippen LogP) is 2.98. The van der Waals surface area contributed by atoms with E-state index in [4.69, 9.17) is 18.7 Å². The first-order valence-corrected chi connectivity index (χ1v) is 18.8. The summed E-state index contributed by atoms with van der Waals surface area (Å²) in [5.41, 5.74) is 3.17. The van der Waals surface area contributed by atoms with Crippen LogP contribution in [-0.4, -0.2) is 123 Å². The number of benzene rings is 3. The van der Waals surface area contributed by atoms with Crippen LogP contribution in [-0.2, 0) is 23.9 Å². The fraction of sp³-hybridized carbons (Fsp3) is 0.359. The molecule has 0 aliphatic carbocycles. The minimum Gasteiger partial charge on any atom is -0.490 e. The Labute approximate surface area is 325 Å². The number of hydrogen-bond donors (Lipinski definition) is 3. The van der Waals surface area contributed by atoms with Gasteiger partial charge in [0.1, 0.15) is 23.4 Å². The molecule has 3 aromatic carbocycles. The smallest absolute Gasteiger partial charge is 0.264 e. The summed E-state index contributed by atoms with van der Waals surface area (Å²) in [4.78, 5) is 65.8. The Bertz CT molecular complexity index is 2300. The van der Waals surface area contributed by atoms with E-state index in [-0.39, 0.29) is 49.0 Å². The number of piperidine rings is 2. The van der Waals surface area contributed by atoms with E-state index < -0.39 is 29.7 Å². The van der Waals surface area contributed by atoms with E-state index in [2.05, 4.69) is 36.4 Å². The van der Waals surface area contributed by atoms with Gasteiger partial charge in [-0.05, 0) is 54.1 Å². The van der Waals surface area contributed by atoms with Gasteiger partial charge in [0.2, 0.25) is 23.5 Å². The Hall–Kier alpha value is -6.53. The molecule has 0 radical (unpaired) electrons. The standard InChI is InChI=1S/C39H39N9O9/c49-32-10-9-31(37(51)41-32)48-38(52)27-5-2-6-30(34(27)39(48)53)40-14-18-55-20-19-54-17-13-33(50)47-15-11-25(12-16-47)56-26-4-1-3-23(21-26)35-28-22-24(36-42-45-46-43-36)7-8-29(28)44-57-35/h1-8,21-22,25,31,40H,9-20H2,(H,41,49,51)(H,42,43,45,46). The molecule has 0 bridgehead atoms. The molecule has 5 heterocycles. The van der Waals surface area contributed by atoms with E-state index in [0.29, 0.717) is 80.8 Å². The fourth-order valence-electron chi connectivity index (χ4n) is 7.26. The van der Waals surface area contributed by atoms with Crippen LogP contribution in [0.3, 0.4) is 0 Å². The van der Waals surface area contributed by atoms with Gasteiger partial charge in [-0.3, -0.25) is 34.2 Å². The molecule has 1 atom stereocenters. The second-order valence-corrected chi connectivity index (χ2v) is 13.8. The summed E-state index contributed by atoms with van der Waals surface area (Å²) >= 11 is 0. The number of aromatic nitrogens is 5. The van der Waals surface area contributed by atoms with Crippen LogP contribution in [0.1, 0.15) is 52.8 Å². The van der Waals surface area contributed by atoms with Gasteiger partial charge >= 0.3 is 0 Å². The first kappa shape index (κ1) is 37.4. The Balaban J connectivity index is 0.719. The third kappa shape index (κ3) is 8.08. The van der Waals surface area contributed by atoms with Gasteiger partial charge in [0.15, 0.2) is 5.76 Å². The van der Waals surface area contributed by atoms with Crippen molar-refractivity contribution in [1.82, 2.24) is 40.9 Å². The molecule has 3 aliphatic heterocycles. The third-order valence-electron chi connectivity index (χ3n) is 10.1. The number of tetrazole rings is 1. The number of amides is 5. The summed E-state index contributed by atoms with van der Waals surface area (Å²) in [7, 11) is 0. The van der Waals surface area contributed by atoms with Crippen molar-refractivity contribution in [2.75, 3.05) is 51.4 Å². The molecule has 18 heteroatoms. The lowest BCUT2D eigenvalue weighted by Crippen LogP contribution is -2.54. The number of anilines is 1. The van der Waals surface area contributed by atoms with E-state index in [0.717, 1.165) is 21.4 Å². The number of hydrogen-bond acceptors (Lipinski definition) is 14. The molecule has 8 rings (SSSR count). The summed E-state index contributed by atoms with van der Waals surface area (Å²) in [6, 6.07) is 17.2. The van der Waals surface area contributed by atoms with Crippen LogP contribution in [0.25, 0.3) is 33.6 Å². The number of aromatic amines is 1. The van der Waals surface area contributed by atoms with Crippen LogP contribution in [0.2, 0.25) is 0 Å². The number of imide groups is 2. The number of nitrogens with one attached hydrogen (secondary N) is 3. The Morgan fingerprint density at radius 2 is 1.72 bits per heavy atom. The lowest BCUT2D eigenvalue weighted by atomic mass is 10.0. The van der Waals surface area contributed by atoms with Crippen LogP contribution < -0.4 is 15.4 Å². The highest BCUT2D eigenvalue weighted by Gasteiger charge is 2.45. The SMILES string of the molecule is O=C1CCC(N2C(=O)c3cccc(NCCOCCOCCC(=O)N4CCC(Oc5cccc(-c6onc7ccc(-c8nn[nH]n8)cc67)c5)CC4)c3C2=O)C(=O)N1. The van der Waals surface area contributed by atoms with Gasteiger partial charge in [0.05, 0.1) is 49.4 Å². The second-order valence-electron chi connectivity index (χ2n) is 13.8. The molecule has 0 saturated carbocycles. The first-order chi connectivity index (χ1) is 27.8. The topological polar surface area (TPSA) is 224 Å². The lowest BCUT2D eigenvalue weighted by Gasteiger charge is -2.32. The van der Waals surface area contributed by atoms with Crippen molar-refractivity contribution in [3.8, 4) is 28.5 Å². The molecule has 2 saturated heterocycles. The molecule has 1 unspecified atom stereocenters. The molecule has 2 fully saturated rings. The number of fused-ring (bicyclic) bond motifs is 2. The number of ether oxygens (including phenoxy) is 3. The zero-order chi connectivity index (χ0) is 39.3. The normalized spacial score (nSPS) is 17.3. The summed E-state index contributed by atoms with van der Waals surface area (Å²) in [5, 5.41) is 24.6. The minimum atomic E-state index is -1.03. The van der Waals surface area contributed by atoms with Crippen molar-refractivity contribution in [3.05, 3.63) is 71.8 Å². The second kappa shape index (κ2) is 16.7. The van der Waals surface area contributed by atoms with Crippen LogP contribution in [0.15, 0.2) is 65.2 Å². The molecule has 5 amide bonds. The van der Waals surface area contributed by atoms with Crippen molar-refractivity contribution >= 4 is 46.1 Å². The molecular formula is C39H39N9O9. The number of rotatable bonds is 15. The van der Waals surface area contributed by atoms with E-state index in [1.54, 1.807) is 18.2 Å². The fourth-order valence-corrected chi connectivity index (χ4v) is 7.26. The van der Waals surface area contributed by atoms with Crippen molar-refractivity contribution in [2.45, 2.75) is 44.2 Å². The third-order valence-corrected chi connectivity index (χ3v) is 10.1. The molecule has 2 aromatic heterocycles. The Morgan fingerprint density at radius 1 is 0.895 bits per heavy atom. The van der Waals surface area contributed by atoms with Crippen molar-refractivity contribution < 1.29 is 42.7 Å². The summed E-state index contributed by atoms with van der Waals surface area (Å²) in [6.45, 7) is 2.71. The van der Waals surface area contributed by atoms with Gasteiger partial charge in [-0.15, -0.1) is 10.2 Å². The van der Waals surface area contributed by atoms with E-state index in [9.17, 15) is 24.0 Å². The molecule has 57 heavy (non-hydrogen) atoms. The Morgan fingerprint density at radius 3 is 2.53 bits per heavy atom. The highest BCUT2D eigenvalue weighted by molar-refractivity contribution is 6.25. The van der Waals surface area contributed by atoms with Gasteiger partial charge in [-0.1, -0.05) is 23.4 Å². The van der Waals surface area contributed by atoms with Crippen LogP contribution in [0, 0.1) is 0 Å². The molecule has 5 aromatic rings. The first-order valence-electron chi connectivity index (χ1n) is 18.8. The summed E-state index contributed by atoms with van der Waals surface area (Å²) in [6.07, 6.45) is 1.77. The van der Waals surface area contributed by atoms with Crippen molar-refractivity contribution in [3.63, 3.8) is 0 Å². The van der Waals surface area contributed by atoms with E-state index in [1.807, 2.05) is 47.4 Å². The van der Waals surface area contributed by atoms with Crippen molar-refractivity contribution in [1.29, 1.82) is 0 Å². The van der Waals surface area contributed by atoms with Crippen molar-refractivity contribution in [2.24, 2.45) is 0 Å². The maximum absolute atomic E-state index is 13.2. The van der Waals surface area contributed by atoms with E-state index in [1.165, 1.54) is 0 Å². The van der Waals surface area contributed by atoms with Gasteiger partial charge in [0, 0.05) is 55.7 Å². The van der Waals surface area contributed by atoms with Gasteiger partial charge in [0.25, 0.3) is 11.8 Å². The maximum Gasteiger partial charge on any atom is 0.264 e. The molecule has 3 aliphatic rings. The van der Waals surface area contributed by atoms with Crippen LogP contribution >= 0.6 is 0 Å². The molecular weight excluding hydrogens is 738 g/mol. The Kier molecular flexibility index (Phi) is 10.9. The summed E-state index contributed by atoms with van der Waals surface area (Å²) < 4.78 is 23.3. The number of carbonyl (C=O) groups excluding carboxylic acids is 5. The maximum atomic E-state index is 13.2. The quantitative estimate of drug-likeness (QED) is 0.103. The number of likely N-dealkylation sites (tertiary alicyclic amines) is 1. The highest BCUT2D eigenvalue weighted by atomic mass is 16.5. The molecule has 18 nitrogen and oxygen atoms in total. The van der Waals surface area contributed by atoms with Crippen LogP contribution in [0.4, 0.5) is 5.69 Å². The molecule has 0 spiro atoms. The number of nitrogens with zero attached hydrogens (tertiary/aromatic N) is 6. The largest absolute Gasteiger partial charge is 0.490 e. The number of H-pyrrole nitrogens is 1. The predicted molar refractivity (Wildman–Crippen MR) is 201 cm³/mol. The van der Waals surface area contributed by atoms with Gasteiger partial charge in [-0.2, -0.15) is 5.21 Å². The van der Waals surface area contributed by atoms with E-state index >= 15 is 0 Å². The lowest BCUT2D eigenvalue weighted by molar-refractivity contribution is -0.136.